The number of nitrogens with one attached hydrogen (secondary N) is 1. The minimum Gasteiger partial charge on any atom is -0.493 e. The fourth-order valence-electron chi connectivity index (χ4n) is 2.53. The molecule has 1 N–H and O–H groups in total. The summed E-state index contributed by atoms with van der Waals surface area (Å²) >= 11 is 0.874. The number of aromatic nitrogens is 2. The lowest BCUT2D eigenvalue weighted by molar-refractivity contribution is -0.113. The Bertz CT molecular complexity index is 1080. The molecule has 3 rings (SSSR count). The first-order chi connectivity index (χ1) is 14.9. The second-order valence-corrected chi connectivity index (χ2v) is 6.77. The molecule has 8 nitrogen and oxygen atoms in total. The number of rotatable bonds is 8. The van der Waals surface area contributed by atoms with Gasteiger partial charge in [0.1, 0.15) is 0 Å². The largest absolute Gasteiger partial charge is 0.493 e. The van der Waals surface area contributed by atoms with Gasteiger partial charge in [-0.05, 0) is 24.3 Å². The highest BCUT2D eigenvalue weighted by Crippen LogP contribution is 2.41. The summed E-state index contributed by atoms with van der Waals surface area (Å²) in [6.45, 7) is 0. The molecule has 2 aromatic carbocycles. The van der Waals surface area contributed by atoms with Crippen molar-refractivity contribution in [3.8, 4) is 28.7 Å². The van der Waals surface area contributed by atoms with Crippen LogP contribution in [0.4, 0.5) is 18.9 Å². The number of methoxy groups -OCH3 is 3. The second kappa shape index (κ2) is 9.60. The Morgan fingerprint density at radius 3 is 2.32 bits per heavy atom. The maximum absolute atomic E-state index is 13.6. The van der Waals surface area contributed by atoms with Crippen LogP contribution in [0, 0.1) is 17.5 Å². The Labute approximate surface area is 178 Å². The number of amides is 1. The van der Waals surface area contributed by atoms with Crippen molar-refractivity contribution in [1.82, 2.24) is 10.2 Å². The van der Waals surface area contributed by atoms with Crippen LogP contribution in [0.1, 0.15) is 0 Å². The molecule has 1 heterocycles. The van der Waals surface area contributed by atoms with E-state index in [1.54, 1.807) is 12.1 Å². The van der Waals surface area contributed by atoms with Gasteiger partial charge in [-0.25, -0.2) is 13.2 Å². The van der Waals surface area contributed by atoms with Gasteiger partial charge in [-0.2, -0.15) is 0 Å². The number of halogens is 3. The predicted octanol–water partition coefficient (Wildman–Crippen LogP) is 3.91. The SMILES string of the molecule is COc1cc(-c2nnc(SCC(=O)Nc3ccc(F)c(F)c3F)o2)cc(OC)c1OC. The highest BCUT2D eigenvalue weighted by molar-refractivity contribution is 7.99. The molecule has 1 aromatic heterocycles. The average Bonchev–Trinajstić information content (AvgIpc) is 3.26. The molecular formula is C19H16F3N3O5S. The third kappa shape index (κ3) is 4.85. The van der Waals surface area contributed by atoms with Crippen LogP contribution in [-0.2, 0) is 4.79 Å². The van der Waals surface area contributed by atoms with Crippen molar-refractivity contribution in [2.24, 2.45) is 0 Å². The Balaban J connectivity index is 1.69. The summed E-state index contributed by atoms with van der Waals surface area (Å²) in [7, 11) is 4.40. The zero-order chi connectivity index (χ0) is 22.5. The molecule has 3 aromatic rings. The van der Waals surface area contributed by atoms with Gasteiger partial charge in [-0.15, -0.1) is 10.2 Å². The molecule has 0 saturated heterocycles. The number of nitrogens with zero attached hydrogens (tertiary/aromatic N) is 2. The van der Waals surface area contributed by atoms with Gasteiger partial charge in [0.25, 0.3) is 5.22 Å². The smallest absolute Gasteiger partial charge is 0.277 e. The number of hydrogen-bond donors (Lipinski definition) is 1. The Morgan fingerprint density at radius 2 is 1.71 bits per heavy atom. The van der Waals surface area contributed by atoms with E-state index >= 15 is 0 Å². The summed E-state index contributed by atoms with van der Waals surface area (Å²) in [5.74, 6) is -4.13. The number of thioether (sulfide) groups is 1. The molecule has 0 saturated carbocycles. The van der Waals surface area contributed by atoms with Crippen molar-refractivity contribution in [1.29, 1.82) is 0 Å². The summed E-state index contributed by atoms with van der Waals surface area (Å²) in [5, 5.41) is 9.97. The minimum atomic E-state index is -1.67. The van der Waals surface area contributed by atoms with Crippen LogP contribution < -0.4 is 19.5 Å². The summed E-state index contributed by atoms with van der Waals surface area (Å²) in [6, 6.07) is 4.86. The van der Waals surface area contributed by atoms with Gasteiger partial charge >= 0.3 is 0 Å². The van der Waals surface area contributed by atoms with Gasteiger partial charge in [0.15, 0.2) is 29.0 Å². The highest BCUT2D eigenvalue weighted by Gasteiger charge is 2.19. The van der Waals surface area contributed by atoms with Gasteiger partial charge in [0.05, 0.1) is 32.8 Å². The quantitative estimate of drug-likeness (QED) is 0.404. The number of hydrogen-bond acceptors (Lipinski definition) is 8. The zero-order valence-electron chi connectivity index (χ0n) is 16.5. The maximum Gasteiger partial charge on any atom is 0.277 e. The summed E-state index contributed by atoms with van der Waals surface area (Å²) in [4.78, 5) is 12.0. The van der Waals surface area contributed by atoms with E-state index in [1.807, 2.05) is 0 Å². The van der Waals surface area contributed by atoms with Gasteiger partial charge in [-0.1, -0.05) is 11.8 Å². The van der Waals surface area contributed by atoms with Crippen LogP contribution in [0.2, 0.25) is 0 Å². The third-order valence-corrected chi connectivity index (χ3v) is 4.77. The Morgan fingerprint density at radius 1 is 1.03 bits per heavy atom. The van der Waals surface area contributed by atoms with Crippen molar-refractivity contribution < 1.29 is 36.6 Å². The van der Waals surface area contributed by atoms with Crippen LogP contribution in [0.5, 0.6) is 17.2 Å². The topological polar surface area (TPSA) is 95.7 Å². The second-order valence-electron chi connectivity index (χ2n) is 5.85. The molecule has 31 heavy (non-hydrogen) atoms. The molecule has 1 amide bonds. The molecule has 164 valence electrons. The van der Waals surface area contributed by atoms with Crippen LogP contribution in [-0.4, -0.2) is 43.2 Å². The van der Waals surface area contributed by atoms with Crippen molar-refractivity contribution in [2.75, 3.05) is 32.4 Å². The Kier molecular flexibility index (Phi) is 6.90. The monoisotopic (exact) mass is 455 g/mol. The van der Waals surface area contributed by atoms with E-state index < -0.39 is 29.0 Å². The van der Waals surface area contributed by atoms with Gasteiger partial charge in [0, 0.05) is 5.56 Å². The number of ether oxygens (including phenoxy) is 3. The fourth-order valence-corrected chi connectivity index (χ4v) is 3.09. The molecule has 0 aliphatic heterocycles. The normalized spacial score (nSPS) is 10.6. The van der Waals surface area contributed by atoms with Crippen LogP contribution >= 0.6 is 11.8 Å². The van der Waals surface area contributed by atoms with E-state index in [9.17, 15) is 18.0 Å². The number of carbonyl (C=O) groups is 1. The lowest BCUT2D eigenvalue weighted by Crippen LogP contribution is -2.15. The van der Waals surface area contributed by atoms with Crippen molar-refractivity contribution in [3.05, 3.63) is 41.7 Å². The van der Waals surface area contributed by atoms with Crippen LogP contribution in [0.3, 0.4) is 0 Å². The maximum atomic E-state index is 13.6. The van der Waals surface area contributed by atoms with Crippen molar-refractivity contribution >= 4 is 23.4 Å². The number of carbonyl (C=O) groups excluding carboxylic acids is 1. The lowest BCUT2D eigenvalue weighted by atomic mass is 10.2. The fraction of sp³-hybridized carbons (Fsp3) is 0.211. The summed E-state index contributed by atoms with van der Waals surface area (Å²) in [6.07, 6.45) is 0. The molecule has 0 radical (unpaired) electrons. The van der Waals surface area contributed by atoms with E-state index in [4.69, 9.17) is 18.6 Å². The molecule has 0 aliphatic carbocycles. The van der Waals surface area contributed by atoms with E-state index in [1.165, 1.54) is 21.3 Å². The molecule has 12 heteroatoms. The number of anilines is 1. The summed E-state index contributed by atoms with van der Waals surface area (Å²) in [5.41, 5.74) is 0.00954. The number of benzene rings is 2. The van der Waals surface area contributed by atoms with Crippen LogP contribution in [0.25, 0.3) is 11.5 Å². The minimum absolute atomic E-state index is 0.0599. The molecular weight excluding hydrogens is 439 g/mol. The zero-order valence-corrected chi connectivity index (χ0v) is 17.3. The van der Waals surface area contributed by atoms with E-state index in [0.717, 1.165) is 17.8 Å². The van der Waals surface area contributed by atoms with Crippen molar-refractivity contribution in [3.63, 3.8) is 0 Å². The highest BCUT2D eigenvalue weighted by atomic mass is 32.2. The van der Waals surface area contributed by atoms with Crippen molar-refractivity contribution in [2.45, 2.75) is 5.22 Å². The first kappa shape index (κ1) is 22.3. The molecule has 0 fully saturated rings. The molecule has 0 aliphatic rings. The predicted molar refractivity (Wildman–Crippen MR) is 105 cm³/mol. The lowest BCUT2D eigenvalue weighted by Gasteiger charge is -2.12. The Hall–Kier alpha value is -3.41. The molecule has 0 atom stereocenters. The first-order valence-corrected chi connectivity index (χ1v) is 9.56. The van der Waals surface area contributed by atoms with Gasteiger partial charge in [-0.3, -0.25) is 4.79 Å². The molecule has 0 unspecified atom stereocenters. The van der Waals surface area contributed by atoms with E-state index in [2.05, 4.69) is 15.5 Å². The third-order valence-electron chi connectivity index (χ3n) is 3.95. The van der Waals surface area contributed by atoms with E-state index in [0.29, 0.717) is 28.9 Å². The first-order valence-electron chi connectivity index (χ1n) is 8.58. The summed E-state index contributed by atoms with van der Waals surface area (Å²) < 4.78 is 61.2. The standard InChI is InChI=1S/C19H16F3N3O5S/c1-27-12-6-9(7-13(28-2)17(12)29-3)18-24-25-19(30-18)31-8-14(26)23-11-5-4-10(20)15(21)16(11)22/h4-7H,8H2,1-3H3,(H,23,26). The van der Waals surface area contributed by atoms with E-state index in [-0.39, 0.29) is 16.9 Å². The van der Waals surface area contributed by atoms with Gasteiger partial charge in [0.2, 0.25) is 17.5 Å². The van der Waals surface area contributed by atoms with Gasteiger partial charge < -0.3 is 23.9 Å². The van der Waals surface area contributed by atoms with Crippen LogP contribution in [0.15, 0.2) is 33.9 Å². The molecule has 0 bridgehead atoms. The molecule has 0 spiro atoms. The average molecular weight is 455 g/mol.